The minimum Gasteiger partial charge on any atom is -0.376 e. The van der Waals surface area contributed by atoms with Crippen molar-refractivity contribution in [3.05, 3.63) is 75.8 Å². The number of fused-ring (bicyclic) bond motifs is 1. The van der Waals surface area contributed by atoms with Gasteiger partial charge in [0, 0.05) is 18.7 Å². The number of hydrogen-bond donors (Lipinski definition) is 1. The zero-order valence-electron chi connectivity index (χ0n) is 15.8. The molecule has 7 heteroatoms. The van der Waals surface area contributed by atoms with Crippen LogP contribution < -0.4 is 5.56 Å². The minimum atomic E-state index is -0.228. The molecule has 1 atom stereocenters. The summed E-state index contributed by atoms with van der Waals surface area (Å²) in [4.78, 5) is 34.5. The Kier molecular flexibility index (Phi) is 5.36. The fourth-order valence-electron chi connectivity index (χ4n) is 3.51. The van der Waals surface area contributed by atoms with E-state index in [1.54, 1.807) is 47.4 Å². The Bertz CT molecular complexity index is 1130. The van der Waals surface area contributed by atoms with Crippen molar-refractivity contribution in [2.24, 2.45) is 0 Å². The molecule has 3 aromatic rings. The number of para-hydroxylation sites is 1. The first-order valence-corrected chi connectivity index (χ1v) is 9.53. The van der Waals surface area contributed by atoms with Crippen molar-refractivity contribution in [3.63, 3.8) is 0 Å². The number of amides is 1. The standard InChI is InChI=1S/C22H20N4O3/c23-12-15-7-9-16(10-8-15)22(28)26(13-17-4-3-11-29-17)14-20-24-19-6-2-1-5-18(19)21(27)25-20/h1-2,5-10,17H,3-4,11,13-14H2,(H,24,25,27)/t17-/m0/s1. The van der Waals surface area contributed by atoms with Crippen LogP contribution in [0.3, 0.4) is 0 Å². The lowest BCUT2D eigenvalue weighted by atomic mass is 10.1. The largest absolute Gasteiger partial charge is 0.376 e. The molecule has 1 aliphatic rings. The maximum absolute atomic E-state index is 13.2. The highest BCUT2D eigenvalue weighted by Crippen LogP contribution is 2.17. The number of ether oxygens (including phenoxy) is 1. The summed E-state index contributed by atoms with van der Waals surface area (Å²) in [7, 11) is 0. The topological polar surface area (TPSA) is 99.1 Å². The first-order chi connectivity index (χ1) is 14.1. The highest BCUT2D eigenvalue weighted by molar-refractivity contribution is 5.94. The van der Waals surface area contributed by atoms with E-state index in [-0.39, 0.29) is 24.1 Å². The molecule has 0 spiro atoms. The second-order valence-corrected chi connectivity index (χ2v) is 7.04. The Balaban J connectivity index is 1.63. The summed E-state index contributed by atoms with van der Waals surface area (Å²) in [6.07, 6.45) is 1.82. The molecule has 0 unspecified atom stereocenters. The summed E-state index contributed by atoms with van der Waals surface area (Å²) in [6.45, 7) is 1.27. The predicted molar refractivity (Wildman–Crippen MR) is 107 cm³/mol. The lowest BCUT2D eigenvalue weighted by molar-refractivity contribution is 0.0501. The number of aromatic nitrogens is 2. The van der Waals surface area contributed by atoms with Crippen LogP contribution in [-0.2, 0) is 11.3 Å². The lowest BCUT2D eigenvalue weighted by Crippen LogP contribution is -2.37. The van der Waals surface area contributed by atoms with Gasteiger partial charge in [0.05, 0.1) is 35.2 Å². The quantitative estimate of drug-likeness (QED) is 0.724. The molecule has 146 valence electrons. The number of aromatic amines is 1. The molecule has 1 N–H and O–H groups in total. The molecule has 7 nitrogen and oxygen atoms in total. The number of benzene rings is 2. The lowest BCUT2D eigenvalue weighted by Gasteiger charge is -2.25. The Labute approximate surface area is 167 Å². The van der Waals surface area contributed by atoms with Crippen molar-refractivity contribution in [2.75, 3.05) is 13.2 Å². The molecule has 2 aromatic carbocycles. The van der Waals surface area contributed by atoms with Crippen LogP contribution in [0.5, 0.6) is 0 Å². The Morgan fingerprint density at radius 1 is 1.24 bits per heavy atom. The van der Waals surface area contributed by atoms with Gasteiger partial charge in [-0.2, -0.15) is 5.26 Å². The molecule has 1 aromatic heterocycles. The normalized spacial score (nSPS) is 15.9. The third kappa shape index (κ3) is 4.18. The van der Waals surface area contributed by atoms with Gasteiger partial charge >= 0.3 is 0 Å². The van der Waals surface area contributed by atoms with Gasteiger partial charge in [0.2, 0.25) is 0 Å². The van der Waals surface area contributed by atoms with Crippen LogP contribution in [0.25, 0.3) is 10.9 Å². The maximum atomic E-state index is 13.2. The number of nitrogens with one attached hydrogen (secondary N) is 1. The molecular formula is C22H20N4O3. The van der Waals surface area contributed by atoms with Gasteiger partial charge in [0.1, 0.15) is 5.82 Å². The summed E-state index contributed by atoms with van der Waals surface area (Å²) in [5.74, 6) is 0.231. The Hall–Kier alpha value is -3.50. The van der Waals surface area contributed by atoms with Gasteiger partial charge in [-0.3, -0.25) is 9.59 Å². The van der Waals surface area contributed by atoms with E-state index in [4.69, 9.17) is 10.00 Å². The highest BCUT2D eigenvalue weighted by Gasteiger charge is 2.24. The maximum Gasteiger partial charge on any atom is 0.258 e. The van der Waals surface area contributed by atoms with E-state index in [9.17, 15) is 9.59 Å². The van der Waals surface area contributed by atoms with Gasteiger partial charge in [0.15, 0.2) is 0 Å². The van der Waals surface area contributed by atoms with E-state index in [1.165, 1.54) is 0 Å². The molecule has 4 rings (SSSR count). The average molecular weight is 388 g/mol. The molecule has 1 fully saturated rings. The second-order valence-electron chi connectivity index (χ2n) is 7.04. The summed E-state index contributed by atoms with van der Waals surface area (Å²) in [5, 5.41) is 9.48. The van der Waals surface area contributed by atoms with Crippen molar-refractivity contribution < 1.29 is 9.53 Å². The zero-order valence-corrected chi connectivity index (χ0v) is 15.8. The van der Waals surface area contributed by atoms with E-state index in [0.29, 0.717) is 41.0 Å². The fraction of sp³-hybridized carbons (Fsp3) is 0.273. The molecule has 0 aliphatic carbocycles. The smallest absolute Gasteiger partial charge is 0.258 e. The first-order valence-electron chi connectivity index (χ1n) is 9.53. The molecule has 1 saturated heterocycles. The fourth-order valence-corrected chi connectivity index (χ4v) is 3.51. The molecule has 0 radical (unpaired) electrons. The van der Waals surface area contributed by atoms with Crippen LogP contribution in [0, 0.1) is 11.3 Å². The van der Waals surface area contributed by atoms with E-state index < -0.39 is 0 Å². The van der Waals surface area contributed by atoms with Crippen LogP contribution in [0.4, 0.5) is 0 Å². The summed E-state index contributed by atoms with van der Waals surface area (Å²) < 4.78 is 5.71. The van der Waals surface area contributed by atoms with Crippen molar-refractivity contribution in [1.82, 2.24) is 14.9 Å². The van der Waals surface area contributed by atoms with E-state index in [2.05, 4.69) is 9.97 Å². The van der Waals surface area contributed by atoms with Crippen LogP contribution >= 0.6 is 0 Å². The molecule has 1 aliphatic heterocycles. The van der Waals surface area contributed by atoms with Gasteiger partial charge in [-0.05, 0) is 49.2 Å². The van der Waals surface area contributed by atoms with E-state index >= 15 is 0 Å². The molecule has 0 saturated carbocycles. The summed E-state index contributed by atoms with van der Waals surface area (Å²) >= 11 is 0. The monoisotopic (exact) mass is 388 g/mol. The van der Waals surface area contributed by atoms with Gasteiger partial charge in [-0.1, -0.05) is 12.1 Å². The molecular weight excluding hydrogens is 368 g/mol. The van der Waals surface area contributed by atoms with Crippen molar-refractivity contribution in [3.8, 4) is 6.07 Å². The van der Waals surface area contributed by atoms with E-state index in [1.807, 2.05) is 12.1 Å². The third-order valence-corrected chi connectivity index (χ3v) is 5.00. The van der Waals surface area contributed by atoms with Gasteiger partial charge in [-0.15, -0.1) is 0 Å². The van der Waals surface area contributed by atoms with Crippen molar-refractivity contribution >= 4 is 16.8 Å². The molecule has 2 heterocycles. The van der Waals surface area contributed by atoms with Crippen molar-refractivity contribution in [2.45, 2.75) is 25.5 Å². The molecule has 0 bridgehead atoms. The number of carbonyl (C=O) groups excluding carboxylic acids is 1. The Morgan fingerprint density at radius 2 is 2.03 bits per heavy atom. The highest BCUT2D eigenvalue weighted by atomic mass is 16.5. The number of carbonyl (C=O) groups is 1. The van der Waals surface area contributed by atoms with Crippen LogP contribution in [0.1, 0.15) is 34.6 Å². The SMILES string of the molecule is N#Cc1ccc(C(=O)N(Cc2nc3ccccc3c(=O)[nH]2)C[C@@H]2CCCO2)cc1. The predicted octanol–water partition coefficient (Wildman–Crippen LogP) is 2.62. The van der Waals surface area contributed by atoms with Gasteiger partial charge in [0.25, 0.3) is 11.5 Å². The van der Waals surface area contributed by atoms with Crippen LogP contribution in [0.15, 0.2) is 53.3 Å². The van der Waals surface area contributed by atoms with Crippen molar-refractivity contribution in [1.29, 1.82) is 5.26 Å². The number of nitriles is 1. The van der Waals surface area contributed by atoms with Crippen LogP contribution in [0.2, 0.25) is 0 Å². The summed E-state index contributed by atoms with van der Waals surface area (Å²) in [5.41, 5.74) is 1.33. The number of nitrogens with zero attached hydrogens (tertiary/aromatic N) is 3. The van der Waals surface area contributed by atoms with Crippen LogP contribution in [-0.4, -0.2) is 40.0 Å². The third-order valence-electron chi connectivity index (χ3n) is 5.00. The molecule has 1 amide bonds. The minimum absolute atomic E-state index is 0.0375. The number of rotatable bonds is 5. The first kappa shape index (κ1) is 18.8. The number of hydrogen-bond acceptors (Lipinski definition) is 5. The molecule has 29 heavy (non-hydrogen) atoms. The van der Waals surface area contributed by atoms with Gasteiger partial charge < -0.3 is 14.6 Å². The summed E-state index contributed by atoms with van der Waals surface area (Å²) in [6, 6.07) is 15.7. The Morgan fingerprint density at radius 3 is 2.76 bits per heavy atom. The zero-order chi connectivity index (χ0) is 20.2. The van der Waals surface area contributed by atoms with Gasteiger partial charge in [-0.25, -0.2) is 4.98 Å². The number of H-pyrrole nitrogens is 1. The second kappa shape index (κ2) is 8.25. The van der Waals surface area contributed by atoms with E-state index in [0.717, 1.165) is 12.8 Å². The average Bonchev–Trinajstić information content (AvgIpc) is 3.26.